The van der Waals surface area contributed by atoms with Crippen molar-refractivity contribution in [2.75, 3.05) is 35.4 Å². The second-order valence-electron chi connectivity index (χ2n) is 5.22. The summed E-state index contributed by atoms with van der Waals surface area (Å²) in [5.41, 5.74) is 8.42. The summed E-state index contributed by atoms with van der Waals surface area (Å²) in [6.45, 7) is 3.74. The Morgan fingerprint density at radius 2 is 2.00 bits per heavy atom. The topological polar surface area (TPSA) is 134 Å². The summed E-state index contributed by atoms with van der Waals surface area (Å²) in [6.07, 6.45) is 4.66. The lowest BCUT2D eigenvalue weighted by atomic mass is 10.1. The molecule has 0 spiro atoms. The molecule has 2 aliphatic heterocycles. The number of nitrogens with one attached hydrogen (secondary N) is 1. The monoisotopic (exact) mass is 333 g/mol. The van der Waals surface area contributed by atoms with E-state index in [2.05, 4.69) is 35.6 Å². The number of esters is 1. The molecule has 3 rings (SSSR count). The number of aromatic nitrogens is 3. The van der Waals surface area contributed by atoms with Gasteiger partial charge in [-0.25, -0.2) is 4.79 Å². The van der Waals surface area contributed by atoms with E-state index in [0.29, 0.717) is 5.95 Å². The number of hydrazone groups is 2. The number of piperidine rings is 1. The van der Waals surface area contributed by atoms with Gasteiger partial charge in [-0.3, -0.25) is 0 Å². The first kappa shape index (κ1) is 15.9. The molecule has 0 atom stereocenters. The van der Waals surface area contributed by atoms with Crippen molar-refractivity contribution >= 4 is 35.7 Å². The van der Waals surface area contributed by atoms with E-state index < -0.39 is 5.97 Å². The predicted octanol–water partition coefficient (Wildman–Crippen LogP) is -0.326. The molecule has 0 unspecified atom stereocenters. The molecule has 0 aromatic carbocycles. The number of anilines is 3. The van der Waals surface area contributed by atoms with Gasteiger partial charge in [0.25, 0.3) is 5.95 Å². The van der Waals surface area contributed by atoms with Gasteiger partial charge in [0.1, 0.15) is 0 Å². The smallest absolute Gasteiger partial charge is 0.360 e. The van der Waals surface area contributed by atoms with Gasteiger partial charge in [0.05, 0.1) is 12.8 Å². The number of nitrogens with two attached hydrogens (primary N) is 1. The molecule has 2 aliphatic rings. The van der Waals surface area contributed by atoms with Crippen LogP contribution in [0.1, 0.15) is 26.2 Å². The van der Waals surface area contributed by atoms with Gasteiger partial charge in [0.15, 0.2) is 5.71 Å². The minimum Gasteiger partial charge on any atom is -0.461 e. The third-order valence-electron chi connectivity index (χ3n) is 3.50. The van der Waals surface area contributed by atoms with Crippen LogP contribution in [0.5, 0.6) is 0 Å². The van der Waals surface area contributed by atoms with Crippen LogP contribution in [0.3, 0.4) is 0 Å². The fourth-order valence-electron chi connectivity index (χ4n) is 2.37. The summed E-state index contributed by atoms with van der Waals surface area (Å²) in [5, 5.41) is 9.16. The van der Waals surface area contributed by atoms with Gasteiger partial charge < -0.3 is 15.4 Å². The number of rotatable bonds is 4. The summed E-state index contributed by atoms with van der Waals surface area (Å²) in [4.78, 5) is 26.3. The van der Waals surface area contributed by atoms with E-state index in [1.54, 1.807) is 6.92 Å². The molecule has 0 radical (unpaired) electrons. The van der Waals surface area contributed by atoms with Crippen LogP contribution < -0.4 is 21.3 Å². The molecular weight excluding hydrogens is 314 g/mol. The number of hydrogen-bond acceptors (Lipinski definition) is 11. The van der Waals surface area contributed by atoms with Gasteiger partial charge in [-0.2, -0.15) is 25.6 Å². The Kier molecular flexibility index (Phi) is 4.68. The summed E-state index contributed by atoms with van der Waals surface area (Å²) in [6, 6.07) is 0. The molecular formula is C13H19N9O2. The molecule has 0 bridgehead atoms. The van der Waals surface area contributed by atoms with Gasteiger partial charge in [0, 0.05) is 13.1 Å². The van der Waals surface area contributed by atoms with Crippen LogP contribution >= 0.6 is 0 Å². The van der Waals surface area contributed by atoms with Crippen molar-refractivity contribution in [2.24, 2.45) is 10.2 Å². The summed E-state index contributed by atoms with van der Waals surface area (Å²) in [5.74, 6) is 0.246. The number of hydrogen-bond donors (Lipinski definition) is 2. The van der Waals surface area contributed by atoms with Crippen LogP contribution in [0.2, 0.25) is 0 Å². The maximum absolute atomic E-state index is 11.6. The zero-order chi connectivity index (χ0) is 16.9. The normalized spacial score (nSPS) is 17.3. The molecule has 11 heteroatoms. The molecule has 1 fully saturated rings. The van der Waals surface area contributed by atoms with E-state index in [0.717, 1.165) is 25.9 Å². The van der Waals surface area contributed by atoms with E-state index in [1.807, 2.05) is 0 Å². The highest BCUT2D eigenvalue weighted by Crippen LogP contribution is 2.19. The van der Waals surface area contributed by atoms with Gasteiger partial charge in [-0.15, -0.1) is 10.2 Å². The highest BCUT2D eigenvalue weighted by molar-refractivity contribution is 6.59. The molecule has 1 aromatic rings. The fraction of sp³-hybridized carbons (Fsp3) is 0.538. The first-order chi connectivity index (χ1) is 11.7. The zero-order valence-electron chi connectivity index (χ0n) is 13.3. The Morgan fingerprint density at radius 3 is 2.67 bits per heavy atom. The minimum absolute atomic E-state index is 0.0615. The largest absolute Gasteiger partial charge is 0.461 e. The maximum Gasteiger partial charge on any atom is 0.360 e. The summed E-state index contributed by atoms with van der Waals surface area (Å²) < 4.78 is 4.85. The van der Waals surface area contributed by atoms with Crippen molar-refractivity contribution < 1.29 is 9.53 Å². The van der Waals surface area contributed by atoms with Gasteiger partial charge in [0.2, 0.25) is 11.9 Å². The van der Waals surface area contributed by atoms with Crippen LogP contribution in [-0.4, -0.2) is 52.5 Å². The zero-order valence-corrected chi connectivity index (χ0v) is 13.3. The molecule has 0 saturated carbocycles. The SMILES string of the molecule is CCOC(=O)C1=NNN(c2nc(N)nc(N3CCCCC3)n2)N=C1. The summed E-state index contributed by atoms with van der Waals surface area (Å²) >= 11 is 0. The standard InChI is InChI=1S/C13H19N9O2/c1-2-24-10(23)9-8-15-22(20-19-9)13-17-11(14)16-12(18-13)21-6-4-3-5-7-21/h8,20H,2-7H2,1H3,(H2,14,16,17,18). The maximum atomic E-state index is 11.6. The second-order valence-corrected chi connectivity index (χ2v) is 5.22. The second kappa shape index (κ2) is 7.06. The van der Waals surface area contributed by atoms with Crippen molar-refractivity contribution in [1.29, 1.82) is 0 Å². The third-order valence-corrected chi connectivity index (χ3v) is 3.50. The Labute approximate surface area is 138 Å². The fourth-order valence-corrected chi connectivity index (χ4v) is 2.37. The number of nitrogen functional groups attached to an aromatic ring is 1. The molecule has 0 aliphatic carbocycles. The molecule has 0 amide bonds. The van der Waals surface area contributed by atoms with Crippen LogP contribution in [-0.2, 0) is 9.53 Å². The lowest BCUT2D eigenvalue weighted by Crippen LogP contribution is -2.39. The average molecular weight is 333 g/mol. The van der Waals surface area contributed by atoms with Gasteiger partial charge >= 0.3 is 5.97 Å². The molecule has 3 N–H and O–H groups in total. The van der Waals surface area contributed by atoms with Crippen molar-refractivity contribution in [3.05, 3.63) is 0 Å². The number of ether oxygens (including phenoxy) is 1. The first-order valence-electron chi connectivity index (χ1n) is 7.78. The lowest BCUT2D eigenvalue weighted by molar-refractivity contribution is -0.134. The quantitative estimate of drug-likeness (QED) is 0.710. The van der Waals surface area contributed by atoms with Crippen LogP contribution in [0.4, 0.5) is 17.8 Å². The Balaban J connectivity index is 1.75. The van der Waals surface area contributed by atoms with Gasteiger partial charge in [-0.05, 0) is 26.2 Å². The lowest BCUT2D eigenvalue weighted by Gasteiger charge is -2.27. The third kappa shape index (κ3) is 3.50. The van der Waals surface area contributed by atoms with E-state index >= 15 is 0 Å². The van der Waals surface area contributed by atoms with E-state index in [4.69, 9.17) is 10.5 Å². The molecule has 128 valence electrons. The number of nitrogens with zero attached hydrogens (tertiary/aromatic N) is 7. The molecule has 24 heavy (non-hydrogen) atoms. The van der Waals surface area contributed by atoms with E-state index in [9.17, 15) is 4.79 Å². The highest BCUT2D eigenvalue weighted by Gasteiger charge is 2.21. The van der Waals surface area contributed by atoms with Gasteiger partial charge in [-0.1, -0.05) is 0 Å². The van der Waals surface area contributed by atoms with Crippen LogP contribution in [0.25, 0.3) is 0 Å². The first-order valence-corrected chi connectivity index (χ1v) is 7.78. The molecule has 1 aromatic heterocycles. The van der Waals surface area contributed by atoms with Crippen molar-refractivity contribution in [1.82, 2.24) is 20.5 Å². The van der Waals surface area contributed by atoms with Crippen LogP contribution in [0.15, 0.2) is 10.2 Å². The Hall–Kier alpha value is -2.98. The number of hydrazine groups is 1. The Morgan fingerprint density at radius 1 is 1.25 bits per heavy atom. The van der Waals surface area contributed by atoms with Crippen molar-refractivity contribution in [2.45, 2.75) is 26.2 Å². The minimum atomic E-state index is -0.558. The van der Waals surface area contributed by atoms with E-state index in [1.165, 1.54) is 17.8 Å². The average Bonchev–Trinajstić information content (AvgIpc) is 2.62. The Bertz CT molecular complexity index is 669. The molecule has 1 saturated heterocycles. The molecule has 11 nitrogen and oxygen atoms in total. The number of carbonyl (C=O) groups is 1. The van der Waals surface area contributed by atoms with Crippen LogP contribution in [0, 0.1) is 0 Å². The summed E-state index contributed by atoms with van der Waals surface area (Å²) in [7, 11) is 0. The predicted molar refractivity (Wildman–Crippen MR) is 88.5 cm³/mol. The van der Waals surface area contributed by atoms with Crippen molar-refractivity contribution in [3.63, 3.8) is 0 Å². The van der Waals surface area contributed by atoms with Crippen molar-refractivity contribution in [3.8, 4) is 0 Å². The number of carbonyl (C=O) groups excluding carboxylic acids is 1. The molecule has 3 heterocycles. The van der Waals surface area contributed by atoms with E-state index in [-0.39, 0.29) is 24.2 Å². The highest BCUT2D eigenvalue weighted by atomic mass is 16.5.